The van der Waals surface area contributed by atoms with E-state index in [-0.39, 0.29) is 11.3 Å². The summed E-state index contributed by atoms with van der Waals surface area (Å²) >= 11 is 0. The fourth-order valence-corrected chi connectivity index (χ4v) is 3.45. The fourth-order valence-electron chi connectivity index (χ4n) is 3.45. The van der Waals surface area contributed by atoms with Crippen LogP contribution in [0.4, 0.5) is 5.69 Å². The van der Waals surface area contributed by atoms with Crippen molar-refractivity contribution >= 4 is 23.6 Å². The molecular formula is C22H19N3O4. The lowest BCUT2D eigenvalue weighted by Crippen LogP contribution is -2.14. The Morgan fingerprint density at radius 1 is 1.21 bits per heavy atom. The van der Waals surface area contributed by atoms with E-state index in [1.54, 1.807) is 37.6 Å². The summed E-state index contributed by atoms with van der Waals surface area (Å²) in [5, 5.41) is 16.3. The summed E-state index contributed by atoms with van der Waals surface area (Å²) in [6.45, 7) is 0. The van der Waals surface area contributed by atoms with E-state index in [4.69, 9.17) is 4.74 Å². The molecule has 0 radical (unpaired) electrons. The van der Waals surface area contributed by atoms with E-state index in [2.05, 4.69) is 10.4 Å². The first kappa shape index (κ1) is 18.5. The molecule has 3 aromatic rings. The molecule has 1 aromatic heterocycles. The number of hydrogen-bond acceptors (Lipinski definition) is 4. The zero-order valence-electron chi connectivity index (χ0n) is 15.8. The van der Waals surface area contributed by atoms with Crippen molar-refractivity contribution in [3.8, 4) is 11.4 Å². The van der Waals surface area contributed by atoms with Gasteiger partial charge in [-0.1, -0.05) is 12.1 Å². The third-order valence-corrected chi connectivity index (χ3v) is 4.88. The van der Waals surface area contributed by atoms with E-state index in [0.717, 1.165) is 35.5 Å². The predicted octanol–water partition coefficient (Wildman–Crippen LogP) is 3.33. The molecule has 2 heterocycles. The highest BCUT2D eigenvalue weighted by Crippen LogP contribution is 2.29. The fraction of sp³-hybridized carbons (Fsp3) is 0.136. The first-order valence-electron chi connectivity index (χ1n) is 9.12. The van der Waals surface area contributed by atoms with E-state index >= 15 is 0 Å². The van der Waals surface area contributed by atoms with Gasteiger partial charge in [-0.2, -0.15) is 5.10 Å². The van der Waals surface area contributed by atoms with Crippen molar-refractivity contribution in [2.45, 2.75) is 12.8 Å². The molecule has 2 aromatic carbocycles. The molecule has 0 fully saturated rings. The number of benzene rings is 2. The van der Waals surface area contributed by atoms with Crippen LogP contribution >= 0.6 is 0 Å². The number of ether oxygens (including phenoxy) is 1. The van der Waals surface area contributed by atoms with Gasteiger partial charge in [0.2, 0.25) is 5.91 Å². The van der Waals surface area contributed by atoms with Gasteiger partial charge in [0.05, 0.1) is 35.9 Å². The maximum absolute atomic E-state index is 12.3. The summed E-state index contributed by atoms with van der Waals surface area (Å²) in [4.78, 5) is 23.5. The molecule has 0 saturated carbocycles. The third-order valence-electron chi connectivity index (χ3n) is 4.88. The van der Waals surface area contributed by atoms with Crippen molar-refractivity contribution in [3.05, 3.63) is 77.1 Å². The number of carbonyl (C=O) groups excluding carboxylic acids is 1. The normalized spacial score (nSPS) is 12.3. The van der Waals surface area contributed by atoms with E-state index in [0.29, 0.717) is 0 Å². The molecule has 1 aliphatic rings. The number of nitrogens with zero attached hydrogens (tertiary/aromatic N) is 2. The Bertz CT molecular complexity index is 1130. The van der Waals surface area contributed by atoms with Crippen LogP contribution in [0.25, 0.3) is 11.8 Å². The summed E-state index contributed by atoms with van der Waals surface area (Å²) in [6, 6.07) is 12.2. The number of nitrogens with one attached hydrogen (secondary N) is 1. The van der Waals surface area contributed by atoms with Crippen LogP contribution in [0, 0.1) is 0 Å². The highest BCUT2D eigenvalue weighted by Gasteiger charge is 2.19. The number of aromatic nitrogens is 2. The topological polar surface area (TPSA) is 93.4 Å². The average molecular weight is 389 g/mol. The Labute approximate surface area is 167 Å². The molecule has 0 aliphatic carbocycles. The van der Waals surface area contributed by atoms with Gasteiger partial charge in [-0.25, -0.2) is 9.48 Å². The van der Waals surface area contributed by atoms with Gasteiger partial charge in [-0.3, -0.25) is 4.79 Å². The van der Waals surface area contributed by atoms with Gasteiger partial charge in [0.15, 0.2) is 0 Å². The SMILES string of the molecule is COc1ccc2c(c1)CCc1c(C=CC(=O)Nc3ccccc3C(=O)O)cnn1-2. The summed E-state index contributed by atoms with van der Waals surface area (Å²) in [5.74, 6) is -0.678. The van der Waals surface area contributed by atoms with Crippen molar-refractivity contribution in [2.24, 2.45) is 0 Å². The number of amides is 1. The van der Waals surface area contributed by atoms with Crippen molar-refractivity contribution in [1.82, 2.24) is 9.78 Å². The van der Waals surface area contributed by atoms with E-state index in [9.17, 15) is 14.7 Å². The summed E-state index contributed by atoms with van der Waals surface area (Å²) < 4.78 is 7.17. The van der Waals surface area contributed by atoms with Crippen molar-refractivity contribution in [1.29, 1.82) is 0 Å². The number of carboxylic acids is 1. The number of carboxylic acid groups (broad SMARTS) is 1. The Morgan fingerprint density at radius 3 is 2.83 bits per heavy atom. The van der Waals surface area contributed by atoms with Crippen LogP contribution in [0.15, 0.2) is 54.7 Å². The van der Waals surface area contributed by atoms with Crippen LogP contribution in [0.3, 0.4) is 0 Å². The van der Waals surface area contributed by atoms with Gasteiger partial charge in [0, 0.05) is 11.6 Å². The molecule has 0 saturated heterocycles. The van der Waals surface area contributed by atoms with E-state index < -0.39 is 11.9 Å². The Balaban J connectivity index is 1.54. The van der Waals surface area contributed by atoms with Crippen LogP contribution in [-0.2, 0) is 17.6 Å². The minimum Gasteiger partial charge on any atom is -0.497 e. The number of para-hydroxylation sites is 1. The van der Waals surface area contributed by atoms with Gasteiger partial charge < -0.3 is 15.2 Å². The van der Waals surface area contributed by atoms with Gasteiger partial charge in [0.1, 0.15) is 5.75 Å². The number of aromatic carboxylic acids is 1. The molecule has 2 N–H and O–H groups in total. The molecule has 1 aliphatic heterocycles. The van der Waals surface area contributed by atoms with Crippen molar-refractivity contribution in [2.75, 3.05) is 12.4 Å². The second kappa shape index (κ2) is 7.63. The Morgan fingerprint density at radius 2 is 2.03 bits per heavy atom. The zero-order valence-corrected chi connectivity index (χ0v) is 15.8. The molecule has 7 heteroatoms. The lowest BCUT2D eigenvalue weighted by molar-refractivity contribution is -0.111. The van der Waals surface area contributed by atoms with Gasteiger partial charge >= 0.3 is 5.97 Å². The number of anilines is 1. The molecule has 0 spiro atoms. The van der Waals surface area contributed by atoms with Crippen LogP contribution in [0.2, 0.25) is 0 Å². The average Bonchev–Trinajstić information content (AvgIpc) is 3.15. The minimum atomic E-state index is -1.09. The minimum absolute atomic E-state index is 0.0456. The van der Waals surface area contributed by atoms with Gasteiger partial charge in [0.25, 0.3) is 0 Å². The maximum atomic E-state index is 12.3. The summed E-state index contributed by atoms with van der Waals surface area (Å²) in [7, 11) is 1.65. The Hall–Kier alpha value is -3.87. The molecule has 7 nitrogen and oxygen atoms in total. The number of rotatable bonds is 5. The highest BCUT2D eigenvalue weighted by atomic mass is 16.5. The largest absolute Gasteiger partial charge is 0.497 e. The molecular weight excluding hydrogens is 370 g/mol. The van der Waals surface area contributed by atoms with E-state index in [1.807, 2.05) is 22.9 Å². The molecule has 0 bridgehead atoms. The van der Waals surface area contributed by atoms with Crippen LogP contribution in [0.5, 0.6) is 5.75 Å². The smallest absolute Gasteiger partial charge is 0.337 e. The molecule has 146 valence electrons. The van der Waals surface area contributed by atoms with E-state index in [1.165, 1.54) is 17.7 Å². The van der Waals surface area contributed by atoms with Crippen LogP contribution < -0.4 is 10.1 Å². The molecule has 1 amide bonds. The first-order valence-corrected chi connectivity index (χ1v) is 9.12. The summed E-state index contributed by atoms with van der Waals surface area (Å²) in [6.07, 6.45) is 6.47. The number of methoxy groups -OCH3 is 1. The molecule has 4 rings (SSSR count). The molecule has 29 heavy (non-hydrogen) atoms. The second-order valence-electron chi connectivity index (χ2n) is 6.63. The first-order chi connectivity index (χ1) is 14.1. The van der Waals surface area contributed by atoms with Crippen molar-refractivity contribution in [3.63, 3.8) is 0 Å². The lowest BCUT2D eigenvalue weighted by atomic mass is 9.99. The molecule has 0 atom stereocenters. The van der Waals surface area contributed by atoms with Gasteiger partial charge in [-0.05, 0) is 54.8 Å². The standard InChI is InChI=1S/C22H19N3O4/c1-29-16-8-10-19-14(12-16)6-9-20-15(13-23-25(19)20)7-11-21(26)24-18-5-3-2-4-17(18)22(27)28/h2-5,7-8,10-13H,6,9H2,1H3,(H,24,26)(H,27,28). The maximum Gasteiger partial charge on any atom is 0.337 e. The van der Waals surface area contributed by atoms with Crippen molar-refractivity contribution < 1.29 is 19.4 Å². The quantitative estimate of drug-likeness (QED) is 0.653. The zero-order chi connectivity index (χ0) is 20.4. The number of aryl methyl sites for hydroxylation is 1. The number of hydrogen-bond donors (Lipinski definition) is 2. The second-order valence-corrected chi connectivity index (χ2v) is 6.63. The third kappa shape index (κ3) is 3.62. The Kier molecular flexibility index (Phi) is 4.87. The summed E-state index contributed by atoms with van der Waals surface area (Å²) in [5.41, 5.74) is 4.36. The monoisotopic (exact) mass is 389 g/mol. The lowest BCUT2D eigenvalue weighted by Gasteiger charge is -2.19. The number of fused-ring (bicyclic) bond motifs is 3. The highest BCUT2D eigenvalue weighted by molar-refractivity contribution is 6.06. The predicted molar refractivity (Wildman–Crippen MR) is 109 cm³/mol. The van der Waals surface area contributed by atoms with Crippen LogP contribution in [-0.4, -0.2) is 33.9 Å². The number of carbonyl (C=O) groups is 2. The molecule has 0 unspecified atom stereocenters. The van der Waals surface area contributed by atoms with Gasteiger partial charge in [-0.15, -0.1) is 0 Å². The van der Waals surface area contributed by atoms with Crippen LogP contribution in [0.1, 0.15) is 27.2 Å².